The van der Waals surface area contributed by atoms with Crippen molar-refractivity contribution in [1.29, 1.82) is 0 Å². The molecule has 0 radical (unpaired) electrons. The average molecular weight is 341 g/mol. The summed E-state index contributed by atoms with van der Waals surface area (Å²) in [5.41, 5.74) is 1.51. The van der Waals surface area contributed by atoms with Gasteiger partial charge in [-0.25, -0.2) is 0 Å². The number of hydrogen-bond donors (Lipinski definition) is 2. The van der Waals surface area contributed by atoms with Gasteiger partial charge in [0.05, 0.1) is 6.10 Å². The molecule has 1 aliphatic heterocycles. The molecule has 0 unspecified atom stereocenters. The van der Waals surface area contributed by atoms with Crippen LogP contribution in [0.3, 0.4) is 0 Å². The molecule has 0 aliphatic carbocycles. The van der Waals surface area contributed by atoms with Gasteiger partial charge in [-0.15, -0.1) is 0 Å². The monoisotopic (exact) mass is 340 g/mol. The van der Waals surface area contributed by atoms with Crippen LogP contribution in [0.1, 0.15) is 18.4 Å². The smallest absolute Gasteiger partial charge is 0.313 e. The molecule has 0 spiro atoms. The lowest BCUT2D eigenvalue weighted by molar-refractivity contribution is -0.144. The normalized spacial score (nSPS) is 16.1. The Bertz CT molecular complexity index is 525. The molecule has 0 aromatic heterocycles. The lowest BCUT2D eigenvalue weighted by Gasteiger charge is -2.29. The molecule has 1 saturated heterocycles. The molecular formula is C14H17BrN2O3. The van der Waals surface area contributed by atoms with Crippen LogP contribution in [0.15, 0.2) is 22.7 Å². The first-order valence-corrected chi connectivity index (χ1v) is 7.31. The number of piperidine rings is 1. The Morgan fingerprint density at radius 3 is 2.65 bits per heavy atom. The van der Waals surface area contributed by atoms with Crippen LogP contribution in [0.4, 0.5) is 5.69 Å². The number of nitrogens with one attached hydrogen (secondary N) is 1. The highest BCUT2D eigenvalue weighted by Crippen LogP contribution is 2.21. The van der Waals surface area contributed by atoms with Gasteiger partial charge in [0.2, 0.25) is 0 Å². The van der Waals surface area contributed by atoms with Crippen LogP contribution < -0.4 is 5.32 Å². The third-order valence-electron chi connectivity index (χ3n) is 3.39. The van der Waals surface area contributed by atoms with Crippen LogP contribution in [0.2, 0.25) is 0 Å². The number of benzene rings is 1. The number of aliphatic hydroxyl groups is 1. The molecule has 1 aromatic carbocycles. The second-order valence-corrected chi connectivity index (χ2v) is 5.85. The summed E-state index contributed by atoms with van der Waals surface area (Å²) < 4.78 is 0.840. The average Bonchev–Trinajstić information content (AvgIpc) is 2.43. The highest BCUT2D eigenvalue weighted by molar-refractivity contribution is 9.10. The van der Waals surface area contributed by atoms with Gasteiger partial charge in [-0.2, -0.15) is 0 Å². The number of carbonyl (C=O) groups is 2. The van der Waals surface area contributed by atoms with E-state index in [0.717, 1.165) is 10.0 Å². The highest BCUT2D eigenvalue weighted by Gasteiger charge is 2.26. The van der Waals surface area contributed by atoms with Gasteiger partial charge in [0, 0.05) is 23.2 Å². The highest BCUT2D eigenvalue weighted by atomic mass is 79.9. The van der Waals surface area contributed by atoms with Crippen molar-refractivity contribution < 1.29 is 14.7 Å². The number of rotatable bonds is 1. The molecular weight excluding hydrogens is 324 g/mol. The summed E-state index contributed by atoms with van der Waals surface area (Å²) in [6.07, 6.45) is 0.679. The van der Waals surface area contributed by atoms with E-state index in [1.54, 1.807) is 6.07 Å². The number of hydrogen-bond acceptors (Lipinski definition) is 3. The Labute approximate surface area is 126 Å². The van der Waals surface area contributed by atoms with Crippen LogP contribution in [0.25, 0.3) is 0 Å². The first-order chi connectivity index (χ1) is 9.47. The van der Waals surface area contributed by atoms with Crippen LogP contribution in [0, 0.1) is 6.92 Å². The Balaban J connectivity index is 2.01. The Kier molecular flexibility index (Phi) is 4.77. The number of amides is 2. The molecule has 6 heteroatoms. The van der Waals surface area contributed by atoms with Crippen molar-refractivity contribution >= 4 is 33.4 Å². The van der Waals surface area contributed by atoms with Gasteiger partial charge in [-0.3, -0.25) is 9.59 Å². The van der Waals surface area contributed by atoms with Crippen molar-refractivity contribution in [3.63, 3.8) is 0 Å². The van der Waals surface area contributed by atoms with Gasteiger partial charge < -0.3 is 15.3 Å². The number of aliphatic hydroxyl groups excluding tert-OH is 1. The Morgan fingerprint density at radius 1 is 1.35 bits per heavy atom. The largest absolute Gasteiger partial charge is 0.393 e. The summed E-state index contributed by atoms with van der Waals surface area (Å²) >= 11 is 3.33. The number of halogens is 1. The molecule has 1 fully saturated rings. The first kappa shape index (κ1) is 15.0. The zero-order valence-electron chi connectivity index (χ0n) is 11.2. The molecule has 0 saturated carbocycles. The fourth-order valence-electron chi connectivity index (χ4n) is 2.12. The maximum Gasteiger partial charge on any atom is 0.313 e. The van der Waals surface area contributed by atoms with E-state index >= 15 is 0 Å². The fraction of sp³-hybridized carbons (Fsp3) is 0.429. The first-order valence-electron chi connectivity index (χ1n) is 6.52. The third-order valence-corrected chi connectivity index (χ3v) is 3.89. The number of carbonyl (C=O) groups excluding carboxylic acids is 2. The van der Waals surface area contributed by atoms with Crippen LogP contribution >= 0.6 is 15.9 Å². The summed E-state index contributed by atoms with van der Waals surface area (Å²) in [6, 6.07) is 5.50. The second kappa shape index (κ2) is 6.37. The quantitative estimate of drug-likeness (QED) is 0.764. The Hall–Kier alpha value is -1.40. The standard InChI is InChI=1S/C14H17BrN2O3/c1-9-2-3-10(15)8-12(9)16-13(19)14(20)17-6-4-11(18)5-7-17/h2-3,8,11,18H,4-7H2,1H3,(H,16,19). The van der Waals surface area contributed by atoms with Crippen molar-refractivity contribution in [1.82, 2.24) is 4.90 Å². The van der Waals surface area contributed by atoms with Gasteiger partial charge in [0.25, 0.3) is 0 Å². The topological polar surface area (TPSA) is 69.6 Å². The minimum atomic E-state index is -0.636. The summed E-state index contributed by atoms with van der Waals surface area (Å²) in [5.74, 6) is -1.18. The SMILES string of the molecule is Cc1ccc(Br)cc1NC(=O)C(=O)N1CCC(O)CC1. The van der Waals surface area contributed by atoms with Crippen molar-refractivity contribution in [2.24, 2.45) is 0 Å². The summed E-state index contributed by atoms with van der Waals surface area (Å²) in [4.78, 5) is 25.5. The van der Waals surface area contributed by atoms with E-state index in [0.29, 0.717) is 31.6 Å². The van der Waals surface area contributed by atoms with Crippen molar-refractivity contribution in [2.45, 2.75) is 25.9 Å². The van der Waals surface area contributed by atoms with Crippen LogP contribution in [-0.2, 0) is 9.59 Å². The molecule has 0 atom stereocenters. The molecule has 108 valence electrons. The van der Waals surface area contributed by atoms with E-state index < -0.39 is 11.8 Å². The molecule has 1 aromatic rings. The van der Waals surface area contributed by atoms with E-state index in [9.17, 15) is 14.7 Å². The van der Waals surface area contributed by atoms with Gasteiger partial charge in [-0.05, 0) is 37.5 Å². The number of aryl methyl sites for hydroxylation is 1. The Morgan fingerprint density at radius 2 is 2.00 bits per heavy atom. The van der Waals surface area contributed by atoms with Gasteiger partial charge >= 0.3 is 11.8 Å². The van der Waals surface area contributed by atoms with Crippen molar-refractivity contribution in [3.05, 3.63) is 28.2 Å². The number of likely N-dealkylation sites (tertiary alicyclic amines) is 1. The van der Waals surface area contributed by atoms with Gasteiger partial charge in [0.15, 0.2) is 0 Å². The van der Waals surface area contributed by atoms with E-state index in [1.807, 2.05) is 19.1 Å². The predicted molar refractivity (Wildman–Crippen MR) is 79.3 cm³/mol. The maximum atomic E-state index is 12.0. The predicted octanol–water partition coefficient (Wildman–Crippen LogP) is 1.68. The minimum absolute atomic E-state index is 0.366. The summed E-state index contributed by atoms with van der Waals surface area (Å²) in [7, 11) is 0. The minimum Gasteiger partial charge on any atom is -0.393 e. The molecule has 1 heterocycles. The van der Waals surface area contributed by atoms with Crippen LogP contribution in [-0.4, -0.2) is 41.0 Å². The summed E-state index contributed by atoms with van der Waals surface area (Å²) in [5, 5.41) is 12.0. The zero-order valence-corrected chi connectivity index (χ0v) is 12.8. The van der Waals surface area contributed by atoms with Gasteiger partial charge in [-0.1, -0.05) is 22.0 Å². The molecule has 0 bridgehead atoms. The third kappa shape index (κ3) is 3.58. The molecule has 5 nitrogen and oxygen atoms in total. The van der Waals surface area contributed by atoms with Crippen LogP contribution in [0.5, 0.6) is 0 Å². The summed E-state index contributed by atoms with van der Waals surface area (Å²) in [6.45, 7) is 2.71. The van der Waals surface area contributed by atoms with E-state index in [1.165, 1.54) is 4.90 Å². The second-order valence-electron chi connectivity index (χ2n) is 4.94. The van der Waals surface area contributed by atoms with Crippen molar-refractivity contribution in [2.75, 3.05) is 18.4 Å². The molecule has 1 aliphatic rings. The molecule has 2 rings (SSSR count). The molecule has 20 heavy (non-hydrogen) atoms. The van der Waals surface area contributed by atoms with Crippen molar-refractivity contribution in [3.8, 4) is 0 Å². The van der Waals surface area contributed by atoms with E-state index in [-0.39, 0.29) is 6.10 Å². The van der Waals surface area contributed by atoms with Gasteiger partial charge in [0.1, 0.15) is 0 Å². The lowest BCUT2D eigenvalue weighted by atomic mass is 10.1. The number of nitrogens with zero attached hydrogens (tertiary/aromatic N) is 1. The maximum absolute atomic E-state index is 12.0. The zero-order chi connectivity index (χ0) is 14.7. The fourth-order valence-corrected chi connectivity index (χ4v) is 2.48. The van der Waals surface area contributed by atoms with E-state index in [4.69, 9.17) is 0 Å². The molecule has 2 amide bonds. The number of anilines is 1. The van der Waals surface area contributed by atoms with E-state index in [2.05, 4.69) is 21.2 Å². The molecule has 2 N–H and O–H groups in total. The lowest BCUT2D eigenvalue weighted by Crippen LogP contribution is -2.45.